The molecule has 6 nitrogen and oxygen atoms in total. The van der Waals surface area contributed by atoms with Crippen molar-refractivity contribution in [1.82, 2.24) is 4.72 Å². The molecule has 0 saturated carbocycles. The summed E-state index contributed by atoms with van der Waals surface area (Å²) in [6.07, 6.45) is 2.26. The molecule has 0 atom stereocenters. The standard InChI is InChI=1S/C14H19NO5S/c1-14(2,3)15-21(18,19)12-9-10(6-8-13(16)17)5-7-11(12)20-4/h5-9,15H,1-4H3,(H,16,17)/b8-6-. The van der Waals surface area contributed by atoms with Gasteiger partial charge in [-0.25, -0.2) is 17.9 Å². The summed E-state index contributed by atoms with van der Waals surface area (Å²) in [6, 6.07) is 4.43. The van der Waals surface area contributed by atoms with E-state index in [-0.39, 0.29) is 10.6 Å². The van der Waals surface area contributed by atoms with Gasteiger partial charge in [0.1, 0.15) is 10.6 Å². The number of carboxylic acid groups (broad SMARTS) is 1. The van der Waals surface area contributed by atoms with Crippen molar-refractivity contribution in [3.63, 3.8) is 0 Å². The van der Waals surface area contributed by atoms with Gasteiger partial charge < -0.3 is 9.84 Å². The van der Waals surface area contributed by atoms with E-state index in [4.69, 9.17) is 9.84 Å². The van der Waals surface area contributed by atoms with E-state index in [1.54, 1.807) is 26.8 Å². The first-order valence-electron chi connectivity index (χ1n) is 6.18. The van der Waals surface area contributed by atoms with Crippen LogP contribution < -0.4 is 9.46 Å². The van der Waals surface area contributed by atoms with Crippen LogP contribution in [-0.4, -0.2) is 32.1 Å². The fraction of sp³-hybridized carbons (Fsp3) is 0.357. The molecule has 0 aliphatic heterocycles. The van der Waals surface area contributed by atoms with E-state index in [0.717, 1.165) is 6.08 Å². The maximum absolute atomic E-state index is 12.4. The van der Waals surface area contributed by atoms with Crippen molar-refractivity contribution >= 4 is 22.1 Å². The smallest absolute Gasteiger partial charge is 0.328 e. The predicted octanol–water partition coefficient (Wildman–Crippen LogP) is 1.87. The van der Waals surface area contributed by atoms with Crippen LogP contribution >= 0.6 is 0 Å². The van der Waals surface area contributed by atoms with Crippen molar-refractivity contribution < 1.29 is 23.1 Å². The Morgan fingerprint density at radius 2 is 1.95 bits per heavy atom. The minimum absolute atomic E-state index is 0.0348. The van der Waals surface area contributed by atoms with Crippen molar-refractivity contribution in [2.45, 2.75) is 31.2 Å². The highest BCUT2D eigenvalue weighted by molar-refractivity contribution is 7.89. The first-order chi connectivity index (χ1) is 9.55. The predicted molar refractivity (Wildman–Crippen MR) is 79.7 cm³/mol. The van der Waals surface area contributed by atoms with E-state index in [1.807, 2.05) is 0 Å². The van der Waals surface area contributed by atoms with Crippen LogP contribution in [0.15, 0.2) is 29.2 Å². The van der Waals surface area contributed by atoms with Crippen molar-refractivity contribution in [2.24, 2.45) is 0 Å². The SMILES string of the molecule is COc1ccc(/C=C\C(=O)O)cc1S(=O)(=O)NC(C)(C)C. The van der Waals surface area contributed by atoms with Crippen molar-refractivity contribution in [2.75, 3.05) is 7.11 Å². The van der Waals surface area contributed by atoms with Gasteiger partial charge in [-0.15, -0.1) is 0 Å². The lowest BCUT2D eigenvalue weighted by Crippen LogP contribution is -2.40. The van der Waals surface area contributed by atoms with E-state index in [0.29, 0.717) is 5.56 Å². The second-order valence-electron chi connectivity index (χ2n) is 5.44. The number of carbonyl (C=O) groups is 1. The molecule has 2 N–H and O–H groups in total. The van der Waals surface area contributed by atoms with Crippen LogP contribution in [0.1, 0.15) is 26.3 Å². The van der Waals surface area contributed by atoms with Crippen LogP contribution in [0.25, 0.3) is 6.08 Å². The summed E-state index contributed by atoms with van der Waals surface area (Å²) in [5.74, 6) is -0.915. The Morgan fingerprint density at radius 1 is 1.33 bits per heavy atom. The van der Waals surface area contributed by atoms with Gasteiger partial charge in [0.2, 0.25) is 10.0 Å². The third-order valence-corrected chi connectivity index (χ3v) is 4.12. The number of benzene rings is 1. The van der Waals surface area contributed by atoms with Crippen molar-refractivity contribution in [3.05, 3.63) is 29.8 Å². The quantitative estimate of drug-likeness (QED) is 0.810. The Balaban J connectivity index is 3.32. The van der Waals surface area contributed by atoms with E-state index in [2.05, 4.69) is 4.72 Å². The second-order valence-corrected chi connectivity index (χ2v) is 7.09. The Labute approximate surface area is 124 Å². The normalized spacial score (nSPS) is 12.6. The molecule has 7 heteroatoms. The van der Waals surface area contributed by atoms with E-state index >= 15 is 0 Å². The van der Waals surface area contributed by atoms with E-state index in [1.165, 1.54) is 25.3 Å². The Hall–Kier alpha value is -1.86. The van der Waals surface area contributed by atoms with Crippen molar-refractivity contribution in [1.29, 1.82) is 0 Å². The molecule has 0 amide bonds. The molecule has 1 aromatic rings. The maximum Gasteiger partial charge on any atom is 0.328 e. The van der Waals surface area contributed by atoms with Gasteiger partial charge in [-0.3, -0.25) is 0 Å². The lowest BCUT2D eigenvalue weighted by atomic mass is 10.1. The number of methoxy groups -OCH3 is 1. The second kappa shape index (κ2) is 6.28. The molecule has 0 aliphatic rings. The van der Waals surface area contributed by atoms with Gasteiger partial charge in [-0.1, -0.05) is 6.07 Å². The van der Waals surface area contributed by atoms with Gasteiger partial charge in [-0.2, -0.15) is 0 Å². The summed E-state index contributed by atoms with van der Waals surface area (Å²) < 4.78 is 32.4. The molecule has 0 aliphatic carbocycles. The molecule has 116 valence electrons. The van der Waals surface area contributed by atoms with Crippen LogP contribution in [0, 0.1) is 0 Å². The number of nitrogens with one attached hydrogen (secondary N) is 1. The molecular weight excluding hydrogens is 294 g/mol. The molecule has 1 rings (SSSR count). The lowest BCUT2D eigenvalue weighted by Gasteiger charge is -2.21. The zero-order valence-corrected chi connectivity index (χ0v) is 13.2. The molecule has 0 spiro atoms. The maximum atomic E-state index is 12.4. The molecule has 0 radical (unpaired) electrons. The molecule has 0 aromatic heterocycles. The summed E-state index contributed by atoms with van der Waals surface area (Å²) in [5, 5.41) is 8.62. The first kappa shape index (κ1) is 17.2. The first-order valence-corrected chi connectivity index (χ1v) is 7.66. The number of ether oxygens (including phenoxy) is 1. The zero-order valence-electron chi connectivity index (χ0n) is 12.4. The zero-order chi connectivity index (χ0) is 16.3. The Morgan fingerprint density at radius 3 is 2.43 bits per heavy atom. The van der Waals surface area contributed by atoms with Crippen LogP contribution in [0.4, 0.5) is 0 Å². The summed E-state index contributed by atoms with van der Waals surface area (Å²) in [6.45, 7) is 5.18. The third-order valence-electron chi connectivity index (χ3n) is 2.34. The highest BCUT2D eigenvalue weighted by Gasteiger charge is 2.25. The van der Waals surface area contributed by atoms with Gasteiger partial charge in [-0.05, 0) is 44.5 Å². The highest BCUT2D eigenvalue weighted by Crippen LogP contribution is 2.26. The highest BCUT2D eigenvalue weighted by atomic mass is 32.2. The molecule has 0 fully saturated rings. The van der Waals surface area contributed by atoms with E-state index < -0.39 is 21.5 Å². The van der Waals surface area contributed by atoms with Gasteiger partial charge >= 0.3 is 5.97 Å². The number of hydrogen-bond acceptors (Lipinski definition) is 4. The molecule has 0 heterocycles. The molecule has 0 unspecified atom stereocenters. The lowest BCUT2D eigenvalue weighted by molar-refractivity contribution is -0.131. The number of aliphatic carboxylic acids is 1. The van der Waals surface area contributed by atoms with Crippen LogP contribution in [0.2, 0.25) is 0 Å². The largest absolute Gasteiger partial charge is 0.495 e. The fourth-order valence-electron chi connectivity index (χ4n) is 1.63. The molecule has 0 bridgehead atoms. The Bertz CT molecular complexity index is 656. The third kappa shape index (κ3) is 5.20. The summed E-state index contributed by atoms with van der Waals surface area (Å²) in [5.41, 5.74) is -0.191. The molecule has 21 heavy (non-hydrogen) atoms. The molecule has 1 aromatic carbocycles. The summed E-state index contributed by atoms with van der Waals surface area (Å²) >= 11 is 0. The van der Waals surface area contributed by atoms with Crippen molar-refractivity contribution in [3.8, 4) is 5.75 Å². The van der Waals surface area contributed by atoms with Gasteiger partial charge in [0, 0.05) is 11.6 Å². The average Bonchev–Trinajstić information content (AvgIpc) is 2.33. The number of hydrogen-bond donors (Lipinski definition) is 2. The minimum Gasteiger partial charge on any atom is -0.495 e. The number of sulfonamides is 1. The monoisotopic (exact) mass is 313 g/mol. The number of carboxylic acids is 1. The van der Waals surface area contributed by atoms with Crippen LogP contribution in [-0.2, 0) is 14.8 Å². The molecular formula is C14H19NO5S. The fourth-order valence-corrected chi connectivity index (χ4v) is 3.26. The Kier molecular flexibility index (Phi) is 5.14. The van der Waals surface area contributed by atoms with Gasteiger partial charge in [0.15, 0.2) is 0 Å². The summed E-state index contributed by atoms with van der Waals surface area (Å²) in [7, 11) is -2.40. The topological polar surface area (TPSA) is 92.7 Å². The van der Waals surface area contributed by atoms with Gasteiger partial charge in [0.25, 0.3) is 0 Å². The van der Waals surface area contributed by atoms with Crippen LogP contribution in [0.5, 0.6) is 5.75 Å². The molecule has 0 saturated heterocycles. The average molecular weight is 313 g/mol. The van der Waals surface area contributed by atoms with E-state index in [9.17, 15) is 13.2 Å². The summed E-state index contributed by atoms with van der Waals surface area (Å²) in [4.78, 5) is 10.5. The van der Waals surface area contributed by atoms with Crippen LogP contribution in [0.3, 0.4) is 0 Å². The number of rotatable bonds is 5. The van der Waals surface area contributed by atoms with Gasteiger partial charge in [0.05, 0.1) is 7.11 Å². The minimum atomic E-state index is -3.78.